The fourth-order valence-corrected chi connectivity index (χ4v) is 5.21. The van der Waals surface area contributed by atoms with E-state index in [0.717, 1.165) is 29.0 Å². The molecule has 2 aliphatic rings. The fraction of sp³-hybridized carbons (Fsp3) is 0.273. The van der Waals surface area contributed by atoms with Gasteiger partial charge in [0.2, 0.25) is 0 Å². The van der Waals surface area contributed by atoms with E-state index in [9.17, 15) is 9.59 Å². The van der Waals surface area contributed by atoms with Crippen LogP contribution in [0.15, 0.2) is 40.0 Å². The molecule has 3 N–H and O–H groups in total. The molecule has 1 fully saturated rings. The Hall–Kier alpha value is -2.56. The van der Waals surface area contributed by atoms with E-state index in [0.29, 0.717) is 45.0 Å². The first-order chi connectivity index (χ1) is 15.9. The van der Waals surface area contributed by atoms with Gasteiger partial charge in [-0.2, -0.15) is 5.10 Å². The number of halogens is 2. The van der Waals surface area contributed by atoms with E-state index in [4.69, 9.17) is 11.6 Å². The lowest BCUT2D eigenvalue weighted by atomic mass is 10.0. The third-order valence-corrected chi connectivity index (χ3v) is 7.13. The maximum absolute atomic E-state index is 13.4. The molecule has 33 heavy (non-hydrogen) atoms. The number of nitrogens with zero attached hydrogens (tertiary/aromatic N) is 3. The Morgan fingerprint density at radius 3 is 2.91 bits per heavy atom. The minimum absolute atomic E-state index is 0.199. The molecule has 0 atom stereocenters. The van der Waals surface area contributed by atoms with Gasteiger partial charge in [-0.25, -0.2) is 9.67 Å². The molecule has 2 amide bonds. The zero-order valence-corrected chi connectivity index (χ0v) is 20.8. The first-order valence-electron chi connectivity index (χ1n) is 10.4. The highest BCUT2D eigenvalue weighted by molar-refractivity contribution is 9.10. The quantitative estimate of drug-likeness (QED) is 0.408. The van der Waals surface area contributed by atoms with Gasteiger partial charge in [-0.1, -0.05) is 11.6 Å². The van der Waals surface area contributed by atoms with Gasteiger partial charge in [0.25, 0.3) is 11.8 Å². The van der Waals surface area contributed by atoms with Crippen molar-refractivity contribution in [2.45, 2.75) is 24.7 Å². The van der Waals surface area contributed by atoms with Crippen molar-refractivity contribution in [2.75, 3.05) is 23.1 Å². The molecule has 1 saturated carbocycles. The molecule has 11 heteroatoms. The summed E-state index contributed by atoms with van der Waals surface area (Å²) in [6, 6.07) is 6.95. The van der Waals surface area contributed by atoms with E-state index in [2.05, 4.69) is 42.0 Å². The van der Waals surface area contributed by atoms with Crippen molar-refractivity contribution in [3.8, 4) is 5.82 Å². The largest absolute Gasteiger partial charge is 0.374 e. The average Bonchev–Trinajstić information content (AvgIpc) is 3.37. The molecule has 1 aliphatic heterocycles. The summed E-state index contributed by atoms with van der Waals surface area (Å²) in [6.07, 6.45) is 3.85. The van der Waals surface area contributed by atoms with Gasteiger partial charge >= 0.3 is 0 Å². The molecular weight excluding hydrogens is 528 g/mol. The highest BCUT2D eigenvalue weighted by Crippen LogP contribution is 2.42. The van der Waals surface area contributed by atoms with Crippen LogP contribution in [-0.4, -0.2) is 39.0 Å². The number of amides is 2. The first kappa shape index (κ1) is 22.2. The van der Waals surface area contributed by atoms with Crippen LogP contribution in [-0.2, 0) is 0 Å². The molecule has 1 aliphatic carbocycles. The number of carbonyl (C=O) groups excluding carboxylic acids is 2. The second-order valence-corrected chi connectivity index (χ2v) is 10.2. The summed E-state index contributed by atoms with van der Waals surface area (Å²) in [6.45, 7) is 2.52. The van der Waals surface area contributed by atoms with Crippen molar-refractivity contribution < 1.29 is 9.59 Å². The molecule has 8 nitrogen and oxygen atoms in total. The Bertz CT molecular complexity index is 1280. The van der Waals surface area contributed by atoms with Crippen LogP contribution in [0.25, 0.3) is 5.82 Å². The van der Waals surface area contributed by atoms with E-state index in [1.165, 1.54) is 4.68 Å². The van der Waals surface area contributed by atoms with Crippen molar-refractivity contribution in [1.82, 2.24) is 20.1 Å². The van der Waals surface area contributed by atoms with Gasteiger partial charge in [-0.15, -0.1) is 11.8 Å². The van der Waals surface area contributed by atoms with Gasteiger partial charge in [0, 0.05) is 23.7 Å². The normalized spacial score (nSPS) is 14.5. The number of anilines is 2. The number of hydrogen-bond donors (Lipinski definition) is 3. The summed E-state index contributed by atoms with van der Waals surface area (Å²) in [5.41, 5.74) is 2.70. The van der Waals surface area contributed by atoms with E-state index < -0.39 is 5.91 Å². The number of hydrogen-bond acceptors (Lipinski definition) is 6. The van der Waals surface area contributed by atoms with E-state index >= 15 is 0 Å². The monoisotopic (exact) mass is 546 g/mol. The molecule has 0 bridgehead atoms. The molecule has 0 unspecified atom stereocenters. The third kappa shape index (κ3) is 4.47. The number of benzene rings is 1. The SMILES string of the molecule is Cc1cc2c(c(C(=O)NCC3CC3)c1NC(=O)c1cc(Br)nn1-c1ncccc1Cl)NCS2. The van der Waals surface area contributed by atoms with Crippen molar-refractivity contribution in [3.05, 3.63) is 56.9 Å². The molecule has 2 aromatic heterocycles. The van der Waals surface area contributed by atoms with Gasteiger partial charge in [-0.3, -0.25) is 9.59 Å². The van der Waals surface area contributed by atoms with Gasteiger partial charge < -0.3 is 16.0 Å². The zero-order chi connectivity index (χ0) is 23.1. The number of rotatable bonds is 6. The van der Waals surface area contributed by atoms with Crippen molar-refractivity contribution in [1.29, 1.82) is 0 Å². The summed E-state index contributed by atoms with van der Waals surface area (Å²) in [7, 11) is 0. The number of aryl methyl sites for hydroxylation is 1. The zero-order valence-electron chi connectivity index (χ0n) is 17.6. The summed E-state index contributed by atoms with van der Waals surface area (Å²) in [5, 5.41) is 13.9. The van der Waals surface area contributed by atoms with Crippen LogP contribution in [0.2, 0.25) is 5.02 Å². The fourth-order valence-electron chi connectivity index (χ4n) is 3.68. The standard InChI is InChI=1S/C22H20BrClN6O2S/c1-11-7-15-19(27-10-33-15)17(22(32)26-9-12-4-5-12)18(11)28-21(31)14-8-16(23)29-30(14)20-13(24)3-2-6-25-20/h2-3,6-8,12,27H,4-5,9-10H2,1H3,(H,26,32)(H,28,31). The number of carbonyl (C=O) groups is 2. The van der Waals surface area contributed by atoms with Crippen LogP contribution in [0.5, 0.6) is 0 Å². The smallest absolute Gasteiger partial charge is 0.274 e. The first-order valence-corrected chi connectivity index (χ1v) is 12.6. The number of nitrogens with one attached hydrogen (secondary N) is 3. The minimum Gasteiger partial charge on any atom is -0.374 e. The lowest BCUT2D eigenvalue weighted by Gasteiger charge is -2.18. The second-order valence-electron chi connectivity index (χ2n) is 7.96. The maximum atomic E-state index is 13.4. The third-order valence-electron chi connectivity index (χ3n) is 5.53. The molecule has 3 aromatic rings. The topological polar surface area (TPSA) is 101 Å². The molecule has 1 aromatic carbocycles. The number of aromatic nitrogens is 3. The van der Waals surface area contributed by atoms with Crippen LogP contribution in [0.1, 0.15) is 39.3 Å². The van der Waals surface area contributed by atoms with Crippen LogP contribution in [0.3, 0.4) is 0 Å². The molecule has 5 rings (SSSR count). The highest BCUT2D eigenvalue weighted by atomic mass is 79.9. The summed E-state index contributed by atoms with van der Waals surface area (Å²) >= 11 is 11.3. The maximum Gasteiger partial charge on any atom is 0.274 e. The molecular formula is C22H20BrClN6O2S. The van der Waals surface area contributed by atoms with Crippen LogP contribution < -0.4 is 16.0 Å². The Kier molecular flexibility index (Phi) is 6.07. The Balaban J connectivity index is 1.52. The van der Waals surface area contributed by atoms with Crippen LogP contribution in [0.4, 0.5) is 11.4 Å². The lowest BCUT2D eigenvalue weighted by molar-refractivity contribution is 0.0953. The Labute approximate surface area is 208 Å². The number of fused-ring (bicyclic) bond motifs is 1. The summed E-state index contributed by atoms with van der Waals surface area (Å²) < 4.78 is 1.84. The highest BCUT2D eigenvalue weighted by Gasteiger charge is 2.29. The molecule has 0 saturated heterocycles. The van der Waals surface area contributed by atoms with Gasteiger partial charge in [-0.05, 0) is 65.4 Å². The second kappa shape index (κ2) is 9.00. The minimum atomic E-state index is -0.431. The summed E-state index contributed by atoms with van der Waals surface area (Å²) in [4.78, 5) is 31.9. The summed E-state index contributed by atoms with van der Waals surface area (Å²) in [5.74, 6) is 0.921. The molecule has 0 spiro atoms. The van der Waals surface area contributed by atoms with Crippen LogP contribution in [0, 0.1) is 12.8 Å². The number of thioether (sulfide) groups is 1. The van der Waals surface area contributed by atoms with Crippen molar-refractivity contribution in [2.24, 2.45) is 5.92 Å². The molecule has 170 valence electrons. The van der Waals surface area contributed by atoms with Gasteiger partial charge in [0.15, 0.2) is 5.82 Å². The Morgan fingerprint density at radius 1 is 1.33 bits per heavy atom. The van der Waals surface area contributed by atoms with E-state index in [-0.39, 0.29) is 11.6 Å². The van der Waals surface area contributed by atoms with Crippen molar-refractivity contribution >= 4 is 62.5 Å². The van der Waals surface area contributed by atoms with E-state index in [1.54, 1.807) is 36.2 Å². The lowest BCUT2D eigenvalue weighted by Crippen LogP contribution is -2.28. The van der Waals surface area contributed by atoms with Gasteiger partial charge in [0.05, 0.1) is 27.8 Å². The number of pyridine rings is 1. The van der Waals surface area contributed by atoms with Crippen LogP contribution >= 0.6 is 39.3 Å². The molecule has 0 radical (unpaired) electrons. The van der Waals surface area contributed by atoms with Gasteiger partial charge in [0.1, 0.15) is 10.3 Å². The predicted octanol–water partition coefficient (Wildman–Crippen LogP) is 4.86. The molecule has 3 heterocycles. The van der Waals surface area contributed by atoms with E-state index in [1.807, 2.05) is 13.0 Å². The average molecular weight is 548 g/mol. The predicted molar refractivity (Wildman–Crippen MR) is 133 cm³/mol. The Morgan fingerprint density at radius 2 is 2.15 bits per heavy atom. The van der Waals surface area contributed by atoms with Crippen molar-refractivity contribution in [3.63, 3.8) is 0 Å².